The van der Waals surface area contributed by atoms with Crippen molar-refractivity contribution in [2.45, 2.75) is 24.4 Å². The van der Waals surface area contributed by atoms with Crippen LogP contribution in [0.3, 0.4) is 0 Å². The summed E-state index contributed by atoms with van der Waals surface area (Å²) in [7, 11) is -3.88. The number of carbonyl (C=O) groups is 1. The number of rotatable bonds is 7. The van der Waals surface area contributed by atoms with Crippen molar-refractivity contribution in [3.63, 3.8) is 0 Å². The van der Waals surface area contributed by atoms with Crippen LogP contribution in [0.1, 0.15) is 34.8 Å². The topological polar surface area (TPSA) is 101 Å². The number of sulfonamides is 1. The van der Waals surface area contributed by atoms with Crippen LogP contribution in [-0.2, 0) is 16.6 Å². The Kier molecular flexibility index (Phi) is 6.31. The summed E-state index contributed by atoms with van der Waals surface area (Å²) in [6.45, 7) is 1.72. The zero-order chi connectivity index (χ0) is 21.0. The van der Waals surface area contributed by atoms with Crippen molar-refractivity contribution in [1.82, 2.24) is 15.0 Å². The molecule has 1 amide bonds. The Morgan fingerprint density at radius 2 is 2.07 bits per heavy atom. The highest BCUT2D eigenvalue weighted by molar-refractivity contribution is 7.89. The van der Waals surface area contributed by atoms with Gasteiger partial charge in [-0.05, 0) is 48.9 Å². The molecule has 3 aromatic rings. The first-order valence-electron chi connectivity index (χ1n) is 8.50. The highest BCUT2D eigenvalue weighted by atomic mass is 35.5. The Morgan fingerprint density at radius 1 is 1.28 bits per heavy atom. The molecule has 2 N–H and O–H groups in total. The van der Waals surface area contributed by atoms with Gasteiger partial charge in [0, 0.05) is 12.7 Å². The largest absolute Gasteiger partial charge is 0.467 e. The molecule has 1 unspecified atom stereocenters. The Morgan fingerprint density at radius 3 is 2.69 bits per heavy atom. The van der Waals surface area contributed by atoms with Crippen LogP contribution in [-0.4, -0.2) is 19.3 Å². The van der Waals surface area contributed by atoms with Gasteiger partial charge in [0.15, 0.2) is 0 Å². The predicted octanol–water partition coefficient (Wildman–Crippen LogP) is 3.44. The maximum atomic E-state index is 13.2. The number of carbonyl (C=O) groups excluding carboxylic acids is 1. The number of nitrogens with zero attached hydrogens (tertiary/aromatic N) is 1. The van der Waals surface area contributed by atoms with Gasteiger partial charge in [-0.25, -0.2) is 17.5 Å². The summed E-state index contributed by atoms with van der Waals surface area (Å²) >= 11 is 5.63. The van der Waals surface area contributed by atoms with Crippen molar-refractivity contribution >= 4 is 27.5 Å². The molecule has 0 saturated heterocycles. The Labute approximate surface area is 172 Å². The van der Waals surface area contributed by atoms with Crippen molar-refractivity contribution in [1.29, 1.82) is 0 Å². The number of furan rings is 1. The molecule has 0 fully saturated rings. The summed E-state index contributed by atoms with van der Waals surface area (Å²) in [5, 5.41) is 2.47. The van der Waals surface area contributed by atoms with E-state index in [2.05, 4.69) is 15.0 Å². The first-order chi connectivity index (χ1) is 13.8. The molecule has 0 aliphatic rings. The van der Waals surface area contributed by atoms with Gasteiger partial charge >= 0.3 is 0 Å². The minimum atomic E-state index is -3.88. The number of pyridine rings is 1. The van der Waals surface area contributed by atoms with E-state index in [4.69, 9.17) is 16.0 Å². The molecule has 7 nitrogen and oxygen atoms in total. The van der Waals surface area contributed by atoms with Gasteiger partial charge in [-0.1, -0.05) is 17.7 Å². The van der Waals surface area contributed by atoms with Crippen LogP contribution in [0.4, 0.5) is 4.39 Å². The third-order valence-corrected chi connectivity index (χ3v) is 5.73. The normalized spacial score (nSPS) is 12.5. The SMILES string of the molecule is CC(NC(=O)c1ccc(CNS(=O)(=O)c2ccc(F)c(Cl)c2)cn1)c1ccco1. The molecule has 29 heavy (non-hydrogen) atoms. The standard InChI is InChI=1S/C19H17ClFN3O4S/c1-12(18-3-2-8-28-18)24-19(25)17-7-4-13(10-22-17)11-23-29(26,27)14-5-6-16(21)15(20)9-14/h2-10,12,23H,11H2,1H3,(H,24,25). The first kappa shape index (κ1) is 21.0. The second kappa shape index (κ2) is 8.73. The molecule has 2 aromatic heterocycles. The van der Waals surface area contributed by atoms with Crippen LogP contribution in [0.2, 0.25) is 5.02 Å². The predicted molar refractivity (Wildman–Crippen MR) is 104 cm³/mol. The Balaban J connectivity index is 1.61. The number of nitrogens with one attached hydrogen (secondary N) is 2. The second-order valence-corrected chi connectivity index (χ2v) is 8.34. The third kappa shape index (κ3) is 5.20. The van der Waals surface area contributed by atoms with E-state index in [0.29, 0.717) is 11.3 Å². The van der Waals surface area contributed by atoms with Gasteiger partial charge in [0.1, 0.15) is 17.3 Å². The molecular weight excluding hydrogens is 421 g/mol. The molecule has 0 aliphatic heterocycles. The number of halogens is 2. The molecule has 152 valence electrons. The van der Waals surface area contributed by atoms with E-state index in [1.54, 1.807) is 25.1 Å². The van der Waals surface area contributed by atoms with Crippen molar-refractivity contribution in [3.8, 4) is 0 Å². The van der Waals surface area contributed by atoms with E-state index < -0.39 is 15.8 Å². The molecule has 10 heteroatoms. The summed E-state index contributed by atoms with van der Waals surface area (Å²) < 4.78 is 45.4. The lowest BCUT2D eigenvalue weighted by molar-refractivity contribution is 0.0930. The zero-order valence-corrected chi connectivity index (χ0v) is 16.8. The molecule has 0 aliphatic carbocycles. The molecule has 0 bridgehead atoms. The first-order valence-corrected chi connectivity index (χ1v) is 10.4. The van der Waals surface area contributed by atoms with Crippen molar-refractivity contribution in [2.75, 3.05) is 0 Å². The van der Waals surface area contributed by atoms with Gasteiger partial charge in [0.2, 0.25) is 10.0 Å². The maximum absolute atomic E-state index is 13.2. The van der Waals surface area contributed by atoms with Crippen molar-refractivity contribution in [3.05, 3.63) is 82.8 Å². The monoisotopic (exact) mass is 437 g/mol. The van der Waals surface area contributed by atoms with Crippen LogP contribution >= 0.6 is 11.6 Å². The zero-order valence-electron chi connectivity index (χ0n) is 15.2. The van der Waals surface area contributed by atoms with Gasteiger partial charge in [-0.2, -0.15) is 0 Å². The van der Waals surface area contributed by atoms with Crippen molar-refractivity contribution < 1.29 is 22.0 Å². The molecular formula is C19H17ClFN3O4S. The summed E-state index contributed by atoms with van der Waals surface area (Å²) in [6, 6.07) is 9.36. The van der Waals surface area contributed by atoms with Crippen LogP contribution < -0.4 is 10.0 Å². The number of amides is 1. The average molecular weight is 438 g/mol. The maximum Gasteiger partial charge on any atom is 0.270 e. The minimum absolute atomic E-state index is 0.0605. The fraction of sp³-hybridized carbons (Fsp3) is 0.158. The number of hydrogen-bond acceptors (Lipinski definition) is 5. The van der Waals surface area contributed by atoms with Crippen LogP contribution in [0.15, 0.2) is 64.2 Å². The lowest BCUT2D eigenvalue weighted by Gasteiger charge is -2.11. The fourth-order valence-corrected chi connectivity index (χ4v) is 3.74. The molecule has 2 heterocycles. The Bertz CT molecular complexity index is 1100. The average Bonchev–Trinajstić information content (AvgIpc) is 3.24. The molecule has 0 radical (unpaired) electrons. The number of hydrogen-bond donors (Lipinski definition) is 2. The Hall–Kier alpha value is -2.75. The molecule has 1 aromatic carbocycles. The fourth-order valence-electron chi connectivity index (χ4n) is 2.45. The molecule has 0 spiro atoms. The number of benzene rings is 1. The van der Waals surface area contributed by atoms with E-state index >= 15 is 0 Å². The lowest BCUT2D eigenvalue weighted by atomic mass is 10.2. The van der Waals surface area contributed by atoms with Gasteiger partial charge in [-0.15, -0.1) is 0 Å². The van der Waals surface area contributed by atoms with Gasteiger partial charge in [0.25, 0.3) is 5.91 Å². The third-order valence-electron chi connectivity index (χ3n) is 4.04. The highest BCUT2D eigenvalue weighted by Crippen LogP contribution is 2.19. The van der Waals surface area contributed by atoms with E-state index in [1.165, 1.54) is 18.5 Å². The number of aromatic nitrogens is 1. The van der Waals surface area contributed by atoms with E-state index in [1.807, 2.05) is 0 Å². The molecule has 1 atom stereocenters. The molecule has 3 rings (SSSR count). The smallest absolute Gasteiger partial charge is 0.270 e. The summed E-state index contributed by atoms with van der Waals surface area (Å²) in [4.78, 5) is 16.2. The van der Waals surface area contributed by atoms with Crippen molar-refractivity contribution in [2.24, 2.45) is 0 Å². The summed E-state index contributed by atoms with van der Waals surface area (Å²) in [5.41, 5.74) is 0.720. The second-order valence-electron chi connectivity index (χ2n) is 6.16. The quantitative estimate of drug-likeness (QED) is 0.589. The van der Waals surface area contributed by atoms with Gasteiger partial charge in [-0.3, -0.25) is 9.78 Å². The molecule has 0 saturated carbocycles. The van der Waals surface area contributed by atoms with Crippen LogP contribution in [0.25, 0.3) is 0 Å². The van der Waals surface area contributed by atoms with Gasteiger partial charge < -0.3 is 9.73 Å². The van der Waals surface area contributed by atoms with Crippen LogP contribution in [0.5, 0.6) is 0 Å². The minimum Gasteiger partial charge on any atom is -0.467 e. The van der Waals surface area contributed by atoms with E-state index in [-0.39, 0.29) is 34.1 Å². The highest BCUT2D eigenvalue weighted by Gasteiger charge is 2.17. The van der Waals surface area contributed by atoms with E-state index in [0.717, 1.165) is 18.2 Å². The summed E-state index contributed by atoms with van der Waals surface area (Å²) in [6.07, 6.45) is 2.92. The van der Waals surface area contributed by atoms with Gasteiger partial charge in [0.05, 0.1) is 22.2 Å². The van der Waals surface area contributed by atoms with E-state index in [9.17, 15) is 17.6 Å². The lowest BCUT2D eigenvalue weighted by Crippen LogP contribution is -2.27. The summed E-state index contributed by atoms with van der Waals surface area (Å²) in [5.74, 6) is -0.475. The van der Waals surface area contributed by atoms with Crippen LogP contribution in [0, 0.1) is 5.82 Å².